The van der Waals surface area contributed by atoms with Crippen molar-refractivity contribution in [3.8, 4) is 0 Å². The van der Waals surface area contributed by atoms with Crippen molar-refractivity contribution in [2.75, 3.05) is 10.8 Å². The predicted octanol–water partition coefficient (Wildman–Crippen LogP) is 3.75. The number of aryl methyl sites for hydroxylation is 1. The number of benzene rings is 2. The number of nitrogens with one attached hydrogen (secondary N) is 1. The molecule has 3 rings (SSSR count). The summed E-state index contributed by atoms with van der Waals surface area (Å²) >= 11 is 0. The zero-order valence-corrected chi connectivity index (χ0v) is 16.6. The summed E-state index contributed by atoms with van der Waals surface area (Å²) in [4.78, 5) is 12.8. The van der Waals surface area contributed by atoms with E-state index in [-0.39, 0.29) is 16.8 Å². The Hall–Kier alpha value is -2.34. The van der Waals surface area contributed by atoms with E-state index in [2.05, 4.69) is 12.2 Å². The van der Waals surface area contributed by atoms with Crippen LogP contribution in [0.25, 0.3) is 0 Å². The van der Waals surface area contributed by atoms with E-state index in [0.717, 1.165) is 31.2 Å². The van der Waals surface area contributed by atoms with Gasteiger partial charge >= 0.3 is 0 Å². The van der Waals surface area contributed by atoms with Crippen LogP contribution in [0.2, 0.25) is 0 Å². The molecular formula is C21H26N2O3S. The summed E-state index contributed by atoms with van der Waals surface area (Å²) in [6, 6.07) is 13.9. The molecule has 1 unspecified atom stereocenters. The second kappa shape index (κ2) is 8.13. The molecule has 1 aliphatic rings. The molecule has 1 aliphatic heterocycles. The Labute approximate surface area is 161 Å². The molecule has 0 saturated carbocycles. The third-order valence-electron chi connectivity index (χ3n) is 4.85. The lowest BCUT2D eigenvalue weighted by Gasteiger charge is -2.30. The largest absolute Gasteiger partial charge is 0.350 e. The lowest BCUT2D eigenvalue weighted by molar-refractivity contribution is 0.0938. The van der Waals surface area contributed by atoms with Gasteiger partial charge in [-0.25, -0.2) is 8.42 Å². The first-order valence-electron chi connectivity index (χ1n) is 9.45. The maximum absolute atomic E-state index is 13.0. The highest BCUT2D eigenvalue weighted by molar-refractivity contribution is 7.92. The van der Waals surface area contributed by atoms with E-state index in [1.54, 1.807) is 42.5 Å². The number of rotatable bonds is 6. The number of fused-ring (bicyclic) bond motifs is 1. The van der Waals surface area contributed by atoms with Gasteiger partial charge < -0.3 is 5.32 Å². The van der Waals surface area contributed by atoms with Gasteiger partial charge in [-0.05, 0) is 62.1 Å². The summed E-state index contributed by atoms with van der Waals surface area (Å²) in [7, 11) is -3.60. The zero-order valence-electron chi connectivity index (χ0n) is 15.8. The normalized spacial score (nSPS) is 15.1. The van der Waals surface area contributed by atoms with Crippen LogP contribution in [0.15, 0.2) is 53.4 Å². The van der Waals surface area contributed by atoms with Crippen molar-refractivity contribution in [3.05, 3.63) is 59.7 Å². The van der Waals surface area contributed by atoms with Crippen LogP contribution in [0.1, 0.15) is 49.0 Å². The molecule has 6 heteroatoms. The molecule has 1 heterocycles. The van der Waals surface area contributed by atoms with Gasteiger partial charge in [0.15, 0.2) is 0 Å². The number of sulfonamides is 1. The average molecular weight is 387 g/mol. The van der Waals surface area contributed by atoms with Gasteiger partial charge in [-0.15, -0.1) is 0 Å². The van der Waals surface area contributed by atoms with Crippen LogP contribution in [0.4, 0.5) is 5.69 Å². The van der Waals surface area contributed by atoms with Crippen LogP contribution in [0.3, 0.4) is 0 Å². The monoisotopic (exact) mass is 386 g/mol. The predicted molar refractivity (Wildman–Crippen MR) is 108 cm³/mol. The Morgan fingerprint density at radius 3 is 2.63 bits per heavy atom. The Morgan fingerprint density at radius 2 is 1.93 bits per heavy atom. The lowest BCUT2D eigenvalue weighted by atomic mass is 10.0. The summed E-state index contributed by atoms with van der Waals surface area (Å²) in [6.07, 6.45) is 3.44. The van der Waals surface area contributed by atoms with Crippen molar-refractivity contribution in [2.45, 2.75) is 50.5 Å². The van der Waals surface area contributed by atoms with Crippen molar-refractivity contribution >= 4 is 21.6 Å². The molecule has 1 atom stereocenters. The van der Waals surface area contributed by atoms with Crippen LogP contribution in [-0.4, -0.2) is 26.9 Å². The van der Waals surface area contributed by atoms with Gasteiger partial charge in [0.05, 0.1) is 10.6 Å². The minimum atomic E-state index is -3.60. The molecule has 27 heavy (non-hydrogen) atoms. The number of anilines is 1. The molecule has 2 aromatic carbocycles. The second-order valence-electron chi connectivity index (χ2n) is 7.00. The standard InChI is InChI=1S/C21H26N2O3S/c1-3-8-16(2)22-21(24)18-12-13-20-17(15-18)9-7-14-23(20)27(25,26)19-10-5-4-6-11-19/h4-6,10-13,15-16H,3,7-9,14H2,1-2H3,(H,22,24). The topological polar surface area (TPSA) is 66.5 Å². The molecule has 0 aliphatic carbocycles. The summed E-state index contributed by atoms with van der Waals surface area (Å²) in [5.41, 5.74) is 2.15. The highest BCUT2D eigenvalue weighted by Gasteiger charge is 2.29. The molecule has 1 amide bonds. The van der Waals surface area contributed by atoms with E-state index in [4.69, 9.17) is 0 Å². The molecule has 5 nitrogen and oxygen atoms in total. The molecule has 0 bridgehead atoms. The highest BCUT2D eigenvalue weighted by atomic mass is 32.2. The number of nitrogens with zero attached hydrogens (tertiary/aromatic N) is 1. The minimum absolute atomic E-state index is 0.109. The molecule has 2 aromatic rings. The summed E-state index contributed by atoms with van der Waals surface area (Å²) in [6.45, 7) is 4.53. The Kier molecular flexibility index (Phi) is 5.85. The number of amides is 1. The molecule has 0 aromatic heterocycles. The van der Waals surface area contributed by atoms with Crippen molar-refractivity contribution in [3.63, 3.8) is 0 Å². The quantitative estimate of drug-likeness (QED) is 0.822. The maximum atomic E-state index is 13.0. The summed E-state index contributed by atoms with van der Waals surface area (Å²) in [5, 5.41) is 3.00. The zero-order chi connectivity index (χ0) is 19.4. The fourth-order valence-corrected chi connectivity index (χ4v) is 5.05. The third-order valence-corrected chi connectivity index (χ3v) is 6.68. The number of hydrogen-bond donors (Lipinski definition) is 1. The molecular weight excluding hydrogens is 360 g/mol. The smallest absolute Gasteiger partial charge is 0.264 e. The Bertz CT molecular complexity index is 910. The fraction of sp³-hybridized carbons (Fsp3) is 0.381. The van der Waals surface area contributed by atoms with Crippen molar-refractivity contribution in [2.24, 2.45) is 0 Å². The first kappa shape index (κ1) is 19.4. The first-order valence-corrected chi connectivity index (χ1v) is 10.9. The van der Waals surface area contributed by atoms with Gasteiger partial charge in [-0.2, -0.15) is 0 Å². The molecule has 0 saturated heterocycles. The van der Waals surface area contributed by atoms with Gasteiger partial charge in [0.1, 0.15) is 0 Å². The summed E-state index contributed by atoms with van der Waals surface area (Å²) < 4.78 is 27.5. The van der Waals surface area contributed by atoms with Gasteiger partial charge in [0.2, 0.25) is 0 Å². The number of carbonyl (C=O) groups excluding carboxylic acids is 1. The molecule has 1 N–H and O–H groups in total. The number of hydrogen-bond acceptors (Lipinski definition) is 3. The number of carbonyl (C=O) groups is 1. The third kappa shape index (κ3) is 4.16. The van der Waals surface area contributed by atoms with Gasteiger partial charge in [0, 0.05) is 18.2 Å². The highest BCUT2D eigenvalue weighted by Crippen LogP contribution is 2.32. The van der Waals surface area contributed by atoms with Gasteiger partial charge in [-0.1, -0.05) is 31.5 Å². The fourth-order valence-electron chi connectivity index (χ4n) is 3.49. The van der Waals surface area contributed by atoms with E-state index in [1.807, 2.05) is 13.0 Å². The first-order chi connectivity index (χ1) is 12.9. The van der Waals surface area contributed by atoms with Gasteiger partial charge in [-0.3, -0.25) is 9.10 Å². The Balaban J connectivity index is 1.88. The van der Waals surface area contributed by atoms with Crippen LogP contribution < -0.4 is 9.62 Å². The van der Waals surface area contributed by atoms with Gasteiger partial charge in [0.25, 0.3) is 15.9 Å². The van der Waals surface area contributed by atoms with E-state index in [1.165, 1.54) is 4.31 Å². The Morgan fingerprint density at radius 1 is 1.19 bits per heavy atom. The van der Waals surface area contributed by atoms with Crippen LogP contribution in [-0.2, 0) is 16.4 Å². The van der Waals surface area contributed by atoms with E-state index in [0.29, 0.717) is 17.8 Å². The minimum Gasteiger partial charge on any atom is -0.350 e. The molecule has 0 radical (unpaired) electrons. The van der Waals surface area contributed by atoms with Crippen LogP contribution >= 0.6 is 0 Å². The SMILES string of the molecule is CCCC(C)NC(=O)c1ccc2c(c1)CCCN2S(=O)(=O)c1ccccc1. The average Bonchev–Trinajstić information content (AvgIpc) is 2.67. The molecule has 0 spiro atoms. The van der Waals surface area contributed by atoms with Crippen molar-refractivity contribution in [1.29, 1.82) is 0 Å². The maximum Gasteiger partial charge on any atom is 0.264 e. The van der Waals surface area contributed by atoms with Crippen LogP contribution in [0, 0.1) is 0 Å². The lowest BCUT2D eigenvalue weighted by Crippen LogP contribution is -2.36. The van der Waals surface area contributed by atoms with Crippen molar-refractivity contribution < 1.29 is 13.2 Å². The summed E-state index contributed by atoms with van der Waals surface area (Å²) in [5.74, 6) is -0.109. The van der Waals surface area contributed by atoms with Crippen LogP contribution in [0.5, 0.6) is 0 Å². The molecule has 144 valence electrons. The van der Waals surface area contributed by atoms with E-state index >= 15 is 0 Å². The van der Waals surface area contributed by atoms with Crippen molar-refractivity contribution in [1.82, 2.24) is 5.32 Å². The van der Waals surface area contributed by atoms with E-state index in [9.17, 15) is 13.2 Å². The van der Waals surface area contributed by atoms with E-state index < -0.39 is 10.0 Å². The molecule has 0 fully saturated rings. The second-order valence-corrected chi connectivity index (χ2v) is 8.86.